The number of aliphatic hydroxyl groups is 2. The molecule has 0 fully saturated rings. The Bertz CT molecular complexity index is 1040. The molecule has 72 heavy (non-hydrogen) atoms. The van der Waals surface area contributed by atoms with Crippen LogP contribution >= 0.6 is 0 Å². The van der Waals surface area contributed by atoms with Crippen molar-refractivity contribution >= 4 is 11.9 Å². The van der Waals surface area contributed by atoms with E-state index in [1.165, 1.54) is 315 Å². The van der Waals surface area contributed by atoms with Gasteiger partial charge >= 0.3 is 5.97 Å². The number of amides is 1. The summed E-state index contributed by atoms with van der Waals surface area (Å²) >= 11 is 0. The topological polar surface area (TPSA) is 95.9 Å². The molecule has 6 heteroatoms. The fourth-order valence-electron chi connectivity index (χ4n) is 10.8. The fraction of sp³-hybridized carbons (Fsp3) is 0.970. The third-order valence-corrected chi connectivity index (χ3v) is 15.9. The van der Waals surface area contributed by atoms with Crippen molar-refractivity contribution in [2.45, 2.75) is 398 Å². The van der Waals surface area contributed by atoms with Gasteiger partial charge in [0.15, 0.2) is 0 Å². The molecule has 0 saturated carbocycles. The van der Waals surface area contributed by atoms with Crippen LogP contribution in [0.3, 0.4) is 0 Å². The lowest BCUT2D eigenvalue weighted by molar-refractivity contribution is -0.143. The Morgan fingerprint density at radius 1 is 0.333 bits per heavy atom. The number of hydrogen-bond acceptors (Lipinski definition) is 5. The van der Waals surface area contributed by atoms with Gasteiger partial charge in [-0.1, -0.05) is 348 Å². The molecule has 2 unspecified atom stereocenters. The van der Waals surface area contributed by atoms with Crippen molar-refractivity contribution in [3.8, 4) is 0 Å². The zero-order valence-electron chi connectivity index (χ0n) is 49.2. The van der Waals surface area contributed by atoms with Gasteiger partial charge in [0, 0.05) is 12.8 Å². The number of hydrogen-bond donors (Lipinski definition) is 3. The van der Waals surface area contributed by atoms with Gasteiger partial charge in [0.2, 0.25) is 5.91 Å². The second-order valence-corrected chi connectivity index (χ2v) is 23.2. The van der Waals surface area contributed by atoms with E-state index in [9.17, 15) is 19.8 Å². The van der Waals surface area contributed by atoms with E-state index in [4.69, 9.17) is 4.74 Å². The molecule has 1 amide bonds. The normalized spacial score (nSPS) is 12.4. The predicted octanol–water partition coefficient (Wildman–Crippen LogP) is 21.0. The molecular formula is C66H131NO5. The first-order valence-corrected chi connectivity index (χ1v) is 33.3. The van der Waals surface area contributed by atoms with Crippen molar-refractivity contribution in [2.75, 3.05) is 13.2 Å². The summed E-state index contributed by atoms with van der Waals surface area (Å²) in [5, 5.41) is 23.4. The summed E-state index contributed by atoms with van der Waals surface area (Å²) in [6.45, 7) is 4.99. The zero-order valence-corrected chi connectivity index (χ0v) is 49.2. The number of rotatable bonds is 63. The molecule has 0 heterocycles. The van der Waals surface area contributed by atoms with E-state index in [-0.39, 0.29) is 18.5 Å². The van der Waals surface area contributed by atoms with Gasteiger partial charge in [-0.2, -0.15) is 0 Å². The highest BCUT2D eigenvalue weighted by Crippen LogP contribution is 2.19. The molecule has 0 aliphatic heterocycles. The van der Waals surface area contributed by atoms with E-state index in [2.05, 4.69) is 19.2 Å². The van der Waals surface area contributed by atoms with Crippen molar-refractivity contribution in [2.24, 2.45) is 0 Å². The molecule has 0 aliphatic carbocycles. The summed E-state index contributed by atoms with van der Waals surface area (Å²) in [7, 11) is 0. The molecule has 2 atom stereocenters. The van der Waals surface area contributed by atoms with Crippen LogP contribution < -0.4 is 5.32 Å². The van der Waals surface area contributed by atoms with Crippen molar-refractivity contribution in [3.63, 3.8) is 0 Å². The van der Waals surface area contributed by atoms with E-state index in [0.29, 0.717) is 25.9 Å². The maximum Gasteiger partial charge on any atom is 0.305 e. The van der Waals surface area contributed by atoms with Crippen LogP contribution in [-0.2, 0) is 14.3 Å². The van der Waals surface area contributed by atoms with Crippen LogP contribution in [0.5, 0.6) is 0 Å². The number of nitrogens with one attached hydrogen (secondary N) is 1. The first-order chi connectivity index (χ1) is 35.5. The van der Waals surface area contributed by atoms with Crippen LogP contribution in [0.2, 0.25) is 0 Å². The lowest BCUT2D eigenvalue weighted by Gasteiger charge is -2.22. The molecule has 0 rings (SSSR count). The number of esters is 1. The second-order valence-electron chi connectivity index (χ2n) is 23.2. The maximum absolute atomic E-state index is 12.5. The van der Waals surface area contributed by atoms with Gasteiger partial charge < -0.3 is 20.3 Å². The van der Waals surface area contributed by atoms with Crippen molar-refractivity contribution in [1.29, 1.82) is 0 Å². The first kappa shape index (κ1) is 70.9. The Morgan fingerprint density at radius 3 is 0.847 bits per heavy atom. The highest BCUT2D eigenvalue weighted by Gasteiger charge is 2.20. The molecule has 0 spiro atoms. The molecule has 0 aromatic carbocycles. The molecule has 0 aromatic heterocycles. The van der Waals surface area contributed by atoms with Gasteiger partial charge in [0.25, 0.3) is 0 Å². The zero-order chi connectivity index (χ0) is 52.2. The Morgan fingerprint density at radius 2 is 0.569 bits per heavy atom. The molecule has 430 valence electrons. The summed E-state index contributed by atoms with van der Waals surface area (Å²) < 4.78 is 5.50. The standard InChI is InChI=1S/C66H131NO5/c1-3-5-7-9-11-13-15-17-19-21-22-23-24-27-30-34-38-42-46-50-54-58-64(69)63(62-68)67-65(70)59-55-51-47-43-39-35-31-28-25-29-33-37-41-45-49-53-57-61-72-66(71)60-56-52-48-44-40-36-32-26-20-18-16-14-12-10-8-6-4-2/h63-64,68-69H,3-62H2,1-2H3,(H,67,70). The molecule has 6 nitrogen and oxygen atoms in total. The van der Waals surface area contributed by atoms with E-state index in [0.717, 1.165) is 38.5 Å². The quantitative estimate of drug-likeness (QED) is 0.0417. The highest BCUT2D eigenvalue weighted by molar-refractivity contribution is 5.76. The minimum absolute atomic E-state index is 0.0110. The van der Waals surface area contributed by atoms with Gasteiger partial charge in [0.1, 0.15) is 0 Å². The largest absolute Gasteiger partial charge is 0.466 e. The molecule has 0 bridgehead atoms. The van der Waals surface area contributed by atoms with Gasteiger partial charge in [-0.25, -0.2) is 0 Å². The SMILES string of the molecule is CCCCCCCCCCCCCCCCCCCCCCCC(O)C(CO)NC(=O)CCCCCCCCCCCCCCCCCCCOC(=O)CCCCCCCCCCCCCCCCCCC. The minimum atomic E-state index is -0.668. The lowest BCUT2D eigenvalue weighted by atomic mass is 10.0. The third kappa shape index (κ3) is 58.1. The fourth-order valence-corrected chi connectivity index (χ4v) is 10.8. The third-order valence-electron chi connectivity index (χ3n) is 15.9. The molecule has 3 N–H and O–H groups in total. The van der Waals surface area contributed by atoms with Crippen molar-refractivity contribution < 1.29 is 24.5 Å². The lowest BCUT2D eigenvalue weighted by Crippen LogP contribution is -2.45. The molecule has 0 aliphatic rings. The Hall–Kier alpha value is -1.14. The summed E-state index contributed by atoms with van der Waals surface area (Å²) in [5.74, 6) is -0.0241. The number of carbonyl (C=O) groups excluding carboxylic acids is 2. The number of ether oxygens (including phenoxy) is 1. The minimum Gasteiger partial charge on any atom is -0.466 e. The van der Waals surface area contributed by atoms with Gasteiger partial charge in [-0.05, 0) is 25.7 Å². The average Bonchev–Trinajstić information content (AvgIpc) is 3.38. The smallest absolute Gasteiger partial charge is 0.305 e. The monoisotopic (exact) mass is 1020 g/mol. The number of aliphatic hydroxyl groups excluding tert-OH is 2. The molecule has 0 saturated heterocycles. The van der Waals surface area contributed by atoms with Crippen molar-refractivity contribution in [3.05, 3.63) is 0 Å². The van der Waals surface area contributed by atoms with E-state index in [1.54, 1.807) is 0 Å². The predicted molar refractivity (Wildman–Crippen MR) is 315 cm³/mol. The molecule has 0 radical (unpaired) electrons. The van der Waals surface area contributed by atoms with Crippen molar-refractivity contribution in [1.82, 2.24) is 5.32 Å². The second kappa shape index (κ2) is 62.4. The van der Waals surface area contributed by atoms with Gasteiger partial charge in [-0.15, -0.1) is 0 Å². The Kier molecular flexibility index (Phi) is 61.4. The van der Waals surface area contributed by atoms with Crippen LogP contribution in [0.15, 0.2) is 0 Å². The van der Waals surface area contributed by atoms with E-state index >= 15 is 0 Å². The van der Waals surface area contributed by atoms with Gasteiger partial charge in [0.05, 0.1) is 25.4 Å². The highest BCUT2D eigenvalue weighted by atomic mass is 16.5. The first-order valence-electron chi connectivity index (χ1n) is 33.3. The van der Waals surface area contributed by atoms with E-state index < -0.39 is 12.1 Å². The summed E-state index contributed by atoms with van der Waals surface area (Å²) in [5.41, 5.74) is 0. The number of carbonyl (C=O) groups is 2. The maximum atomic E-state index is 12.5. The number of unbranched alkanes of at least 4 members (excludes halogenated alkanes) is 52. The summed E-state index contributed by atoms with van der Waals surface area (Å²) in [4.78, 5) is 24.6. The average molecular weight is 1020 g/mol. The Labute approximate surface area is 451 Å². The Balaban J connectivity index is 3.39. The van der Waals surface area contributed by atoms with Crippen LogP contribution in [0.25, 0.3) is 0 Å². The summed E-state index contributed by atoms with van der Waals surface area (Å²) in [6.07, 6.45) is 74.1. The van der Waals surface area contributed by atoms with Crippen LogP contribution in [0.1, 0.15) is 386 Å². The molecular weight excluding hydrogens is 887 g/mol. The molecule has 0 aromatic rings. The summed E-state index contributed by atoms with van der Waals surface area (Å²) in [6, 6.07) is -0.545. The van der Waals surface area contributed by atoms with Gasteiger partial charge in [-0.3, -0.25) is 9.59 Å². The van der Waals surface area contributed by atoms with Crippen LogP contribution in [0.4, 0.5) is 0 Å². The van der Waals surface area contributed by atoms with E-state index in [1.807, 2.05) is 0 Å². The van der Waals surface area contributed by atoms with Crippen LogP contribution in [-0.4, -0.2) is 47.4 Å². The van der Waals surface area contributed by atoms with Crippen LogP contribution in [0, 0.1) is 0 Å².